The minimum atomic E-state index is -0.500. The number of aliphatic hydroxyl groups excluding tert-OH is 1. The molecule has 33 nitrogen and oxygen atoms in total. The number of amides is 2. The molecule has 124 heavy (non-hydrogen) atoms. The molecule has 0 aliphatic heterocycles. The van der Waals surface area contributed by atoms with Crippen molar-refractivity contribution in [1.82, 2.24) is 100 Å². The number of aliphatic hydroxyl groups is 1. The number of nitrogens with zero attached hydrogens (tertiary/aromatic N) is 17. The molecule has 4 fully saturated rings. The van der Waals surface area contributed by atoms with Crippen molar-refractivity contribution in [3.05, 3.63) is 272 Å². The fourth-order valence-electron chi connectivity index (χ4n) is 14.1. The number of fused-ring (bicyclic) bond motifs is 2. The number of H-pyrrole nitrogens is 1. The van der Waals surface area contributed by atoms with Crippen molar-refractivity contribution >= 4 is 75.9 Å². The Morgan fingerprint density at radius 2 is 0.911 bits per heavy atom. The van der Waals surface area contributed by atoms with Gasteiger partial charge >= 0.3 is 12.2 Å². The second kappa shape index (κ2) is 46.1. The predicted octanol–water partition coefficient (Wildman–Crippen LogP) is 7.72. The molecule has 0 saturated heterocycles. The molecule has 8 heterocycles. The van der Waals surface area contributed by atoms with Gasteiger partial charge in [0, 0.05) is 80.0 Å². The van der Waals surface area contributed by atoms with Crippen molar-refractivity contribution in [3.63, 3.8) is 0 Å². The first kappa shape index (κ1) is 93.7. The summed E-state index contributed by atoms with van der Waals surface area (Å²) in [5, 5.41) is 57.1. The van der Waals surface area contributed by atoms with E-state index in [1.807, 2.05) is 104 Å². The van der Waals surface area contributed by atoms with E-state index >= 15 is 0 Å². The monoisotopic (exact) mass is 1750 g/mol. The van der Waals surface area contributed by atoms with E-state index in [0.29, 0.717) is 60.4 Å². The summed E-state index contributed by atoms with van der Waals surface area (Å²) in [5.74, 6) is 2.12. The van der Waals surface area contributed by atoms with Gasteiger partial charge in [-0.05, 0) is 228 Å². The number of ether oxygens (including phenoxy) is 4. The molecule has 4 aliphatic rings. The largest absolute Gasteiger partial charge is 1.00 e. The second-order valence-electron chi connectivity index (χ2n) is 31.2. The summed E-state index contributed by atoms with van der Waals surface area (Å²) in [7, 11) is -0.446. The molecule has 0 unspecified atom stereocenters. The highest BCUT2D eigenvalue weighted by Crippen LogP contribution is 2.34. The second-order valence-corrected chi connectivity index (χ2v) is 33.8. The maximum atomic E-state index is 12.0. The summed E-state index contributed by atoms with van der Waals surface area (Å²) in [6, 6.07) is 61.2. The number of alkyl carbamates (subject to hydrolysis) is 2. The van der Waals surface area contributed by atoms with E-state index in [1.165, 1.54) is 38.9 Å². The van der Waals surface area contributed by atoms with E-state index in [0.717, 1.165) is 87.1 Å². The SMILES string of the molecule is CC(C)(C)OC(=O)N[C@@H]1CC[C@@H](n2ncccc2=O)C1.CC(C)(C)OC(=O)N[C@@H]1CC[C@H](O)C1.CCOc1ccc(-n2nnc3cnc(Cl)nc32)cc1.CCOc1ccc(-n2nnc3cnc(N[C@@H]4CC[C@@H](n5ncccc5=O)C4)nc32)cc1.O=c1cccn[nH]1.[Cl-].[NH3+][C@@H]1CC[C@@H](n2ncccc2=O)C1.c1ccc(P(c2ccccc2)c2ccccc2)cc1. The molecule has 4 aliphatic carbocycles. The van der Waals surface area contributed by atoms with Gasteiger partial charge in [0.15, 0.2) is 22.3 Å². The van der Waals surface area contributed by atoms with Crippen LogP contribution in [0.3, 0.4) is 0 Å². The smallest absolute Gasteiger partial charge is 0.407 e. The lowest BCUT2D eigenvalue weighted by Gasteiger charge is -2.21. The minimum Gasteiger partial charge on any atom is -1.00 e. The molecule has 36 heteroatoms. The molecular formula is C88H105Cl2N22O11P. The summed E-state index contributed by atoms with van der Waals surface area (Å²) in [4.78, 5) is 85.4. The Balaban J connectivity index is 0.000000156. The van der Waals surface area contributed by atoms with Crippen LogP contribution in [0.2, 0.25) is 5.28 Å². The van der Waals surface area contributed by atoms with Crippen molar-refractivity contribution in [2.24, 2.45) is 0 Å². The molecular weight excluding hydrogens is 1640 g/mol. The molecule has 0 bridgehead atoms. The number of carbonyl (C=O) groups excluding carboxylic acids is 2. The fraction of sp³-hybridized carbons (Fsp3) is 0.364. The first-order chi connectivity index (χ1) is 59.3. The van der Waals surface area contributed by atoms with E-state index in [2.05, 4.69) is 179 Å². The van der Waals surface area contributed by atoms with Crippen LogP contribution in [0.1, 0.15) is 151 Å². The lowest BCUT2D eigenvalue weighted by atomic mass is 10.2. The van der Waals surface area contributed by atoms with E-state index in [-0.39, 0.29) is 82.3 Å². The van der Waals surface area contributed by atoms with Gasteiger partial charge < -0.3 is 58.1 Å². The summed E-state index contributed by atoms with van der Waals surface area (Å²) in [6.45, 7) is 16.1. The van der Waals surface area contributed by atoms with Crippen LogP contribution in [0, 0.1) is 0 Å². The van der Waals surface area contributed by atoms with Crippen LogP contribution >= 0.6 is 19.5 Å². The summed E-state index contributed by atoms with van der Waals surface area (Å²) in [6.07, 6.45) is 18.9. The number of aromatic nitrogens is 18. The number of anilines is 1. The van der Waals surface area contributed by atoms with Gasteiger partial charge in [-0.2, -0.15) is 39.7 Å². The minimum absolute atomic E-state index is 0. The normalized spacial score (nSPS) is 18.0. The molecule has 0 spiro atoms. The fourth-order valence-corrected chi connectivity index (χ4v) is 16.5. The standard InChI is InChI=1S/C21H22N8O2.C18H15P.C14H21N3O3.C12H10ClN5O.C10H19NO3.C9H13N3O.C4H4N2O.ClH/c1-2-31-17-9-7-15(8-10-17)29-20-18(26-27-29)13-22-21(25-20)24-14-5-6-16(12-14)28-19(30)4-3-11-23-28;1-4-10-16(11-5-1)19(17-12-6-2-7-13-17)18-14-8-3-9-15-18;1-14(2,3)20-13(19)16-10-6-7-11(9-10)17-12(18)5-4-8-15-17;1-2-19-9-5-3-8(4-6-9)18-11-10(16-17-18)7-14-12(13)15-11;1-10(2,3)14-9(13)11-7-4-5-8(12)6-7;10-7-3-4-8(6-7)12-9(13)2-1-5-11-12;7-4-2-1-3-5-6-4;/h3-4,7-11,13-14,16H,2,5-6,12H2,1H3,(H,22,24,25);1-15H;4-5,8,10-11H,6-7,9H2,1-3H3,(H,16,19);3-7H,2H2,1H3;7-8,12H,4-6H2,1-3H3,(H,11,13);1-2,5,7-8H,3-4,6,10H2;1-3H,(H,6,7);1H/t14-,16-;;10-,11-;;7-,8+;7-,8-;;/m1.1.11../s1. The van der Waals surface area contributed by atoms with Crippen LogP contribution in [-0.4, -0.2) is 161 Å². The number of rotatable bonds is 16. The number of quaternary nitrogens is 1. The summed E-state index contributed by atoms with van der Waals surface area (Å²) < 4.78 is 29.2. The van der Waals surface area contributed by atoms with Crippen molar-refractivity contribution in [3.8, 4) is 22.9 Å². The van der Waals surface area contributed by atoms with Crippen molar-refractivity contribution in [2.75, 3.05) is 18.5 Å². The first-order valence-corrected chi connectivity index (χ1v) is 42.7. The molecule has 5 aromatic carbocycles. The van der Waals surface area contributed by atoms with Gasteiger partial charge in [-0.15, -0.1) is 10.2 Å². The van der Waals surface area contributed by atoms with Crippen LogP contribution in [0.25, 0.3) is 33.7 Å². The van der Waals surface area contributed by atoms with Crippen molar-refractivity contribution < 1.29 is 51.8 Å². The van der Waals surface area contributed by atoms with E-state index in [4.69, 9.17) is 30.5 Å². The Hall–Kier alpha value is -12.6. The predicted molar refractivity (Wildman–Crippen MR) is 471 cm³/mol. The van der Waals surface area contributed by atoms with E-state index < -0.39 is 31.3 Å². The Kier molecular flexibility index (Phi) is 34.8. The Morgan fingerprint density at radius 3 is 1.31 bits per heavy atom. The first-order valence-electron chi connectivity index (χ1n) is 40.9. The zero-order valence-electron chi connectivity index (χ0n) is 70.4. The molecule has 17 rings (SSSR count). The highest BCUT2D eigenvalue weighted by atomic mass is 35.5. The molecule has 0 radical (unpaired) electrons. The molecule has 8 atom stereocenters. The highest BCUT2D eigenvalue weighted by molar-refractivity contribution is 7.79. The lowest BCUT2D eigenvalue weighted by molar-refractivity contribution is -0.417. The van der Waals surface area contributed by atoms with Gasteiger partial charge in [0.25, 0.3) is 22.2 Å². The van der Waals surface area contributed by atoms with Crippen LogP contribution < -0.4 is 81.7 Å². The molecule has 8 aromatic heterocycles. The summed E-state index contributed by atoms with van der Waals surface area (Å²) in [5.41, 5.74) is 6.78. The number of aromatic amines is 1. The zero-order chi connectivity index (χ0) is 87.3. The zero-order valence-corrected chi connectivity index (χ0v) is 72.8. The van der Waals surface area contributed by atoms with E-state index in [1.54, 1.807) is 86.1 Å². The number of hydrogen-bond acceptors (Lipinski definition) is 24. The molecule has 4 saturated carbocycles. The van der Waals surface area contributed by atoms with Crippen LogP contribution in [0.4, 0.5) is 15.5 Å². The number of carbonyl (C=O) groups is 2. The quantitative estimate of drug-likeness (QED) is 0.0398. The van der Waals surface area contributed by atoms with E-state index in [9.17, 15) is 33.9 Å². The number of nitrogens with one attached hydrogen (secondary N) is 4. The van der Waals surface area contributed by atoms with Gasteiger partial charge in [0.05, 0.1) is 67.3 Å². The van der Waals surface area contributed by atoms with Gasteiger partial charge in [-0.3, -0.25) is 19.2 Å². The average Bonchev–Trinajstić information content (AvgIpc) is 1.57. The maximum Gasteiger partial charge on any atom is 0.407 e. The number of benzene rings is 5. The Labute approximate surface area is 729 Å². The third-order valence-corrected chi connectivity index (χ3v) is 22.2. The third-order valence-electron chi connectivity index (χ3n) is 19.5. The van der Waals surface area contributed by atoms with Crippen molar-refractivity contribution in [1.29, 1.82) is 0 Å². The lowest BCUT2D eigenvalue weighted by Crippen LogP contribution is -3.00. The number of halogens is 2. The summed E-state index contributed by atoms with van der Waals surface area (Å²) >= 11 is 5.79. The molecule has 8 N–H and O–H groups in total. The van der Waals surface area contributed by atoms with Gasteiger partial charge in [0.1, 0.15) is 22.7 Å². The molecule has 652 valence electrons. The van der Waals surface area contributed by atoms with Crippen LogP contribution in [-0.2, 0) is 9.47 Å². The van der Waals surface area contributed by atoms with Gasteiger partial charge in [-0.1, -0.05) is 101 Å². The van der Waals surface area contributed by atoms with Gasteiger partial charge in [-0.25, -0.2) is 38.7 Å². The average molecular weight is 1750 g/mol. The van der Waals surface area contributed by atoms with Gasteiger partial charge in [0.2, 0.25) is 11.2 Å². The van der Waals surface area contributed by atoms with Crippen LogP contribution in [0.15, 0.2) is 244 Å². The Morgan fingerprint density at radius 1 is 0.500 bits per heavy atom. The highest BCUT2D eigenvalue weighted by Gasteiger charge is 2.32. The van der Waals surface area contributed by atoms with Crippen LogP contribution in [0.5, 0.6) is 11.5 Å². The molecule has 13 aromatic rings. The third kappa shape index (κ3) is 28.5. The maximum absolute atomic E-state index is 12.0. The van der Waals surface area contributed by atoms with Crippen molar-refractivity contribution in [2.45, 2.75) is 192 Å². The Bertz CT molecular complexity index is 5620. The number of hydrogen-bond donors (Lipinski definition) is 6. The topological polar surface area (TPSA) is 418 Å². The molecule has 2 amide bonds.